The number of hydrogen-bond acceptors (Lipinski definition) is 2. The molecule has 0 spiro atoms. The second kappa shape index (κ2) is 5.70. The summed E-state index contributed by atoms with van der Waals surface area (Å²) in [4.78, 5) is 13.6. The van der Waals surface area contributed by atoms with Gasteiger partial charge in [-0.2, -0.15) is 0 Å². The fraction of sp³-hybridized carbons (Fsp3) is 0.250. The number of benzene rings is 1. The van der Waals surface area contributed by atoms with Crippen LogP contribution >= 0.6 is 15.9 Å². The number of carbonyl (C=O) groups is 1. The van der Waals surface area contributed by atoms with E-state index < -0.39 is 0 Å². The van der Waals surface area contributed by atoms with Crippen molar-refractivity contribution in [1.82, 2.24) is 4.90 Å². The zero-order valence-electron chi connectivity index (χ0n) is 9.11. The monoisotopic (exact) mass is 283 g/mol. The maximum atomic E-state index is 12.0. The van der Waals surface area contributed by atoms with E-state index in [1.165, 1.54) is 6.07 Å². The first-order valence-electron chi connectivity index (χ1n) is 4.98. The Morgan fingerprint density at radius 1 is 1.62 bits per heavy atom. The molecule has 0 aliphatic carbocycles. The van der Waals surface area contributed by atoms with Gasteiger partial charge in [0.1, 0.15) is 5.75 Å². The molecule has 3 nitrogen and oxygen atoms in total. The quantitative estimate of drug-likeness (QED) is 0.864. The summed E-state index contributed by atoms with van der Waals surface area (Å²) in [5.74, 6) is -0.0364. The lowest BCUT2D eigenvalue weighted by Gasteiger charge is -2.19. The molecule has 0 fully saturated rings. The zero-order valence-corrected chi connectivity index (χ0v) is 10.7. The van der Waals surface area contributed by atoms with Gasteiger partial charge in [-0.1, -0.05) is 6.08 Å². The van der Waals surface area contributed by atoms with Crippen molar-refractivity contribution in [1.29, 1.82) is 0 Å². The lowest BCUT2D eigenvalue weighted by molar-refractivity contribution is 0.0781. The molecule has 1 aromatic rings. The Balaban J connectivity index is 2.94. The first-order chi connectivity index (χ1) is 7.60. The van der Waals surface area contributed by atoms with Crippen molar-refractivity contribution in [2.45, 2.75) is 6.92 Å². The van der Waals surface area contributed by atoms with E-state index >= 15 is 0 Å². The maximum absolute atomic E-state index is 12.0. The molecule has 86 valence electrons. The molecule has 0 aromatic heterocycles. The van der Waals surface area contributed by atoms with Crippen LogP contribution in [-0.2, 0) is 0 Å². The van der Waals surface area contributed by atoms with Crippen LogP contribution in [0.2, 0.25) is 0 Å². The zero-order chi connectivity index (χ0) is 12.1. The minimum Gasteiger partial charge on any atom is -0.507 e. The summed E-state index contributed by atoms with van der Waals surface area (Å²) in [6.45, 7) is 6.63. The Hall–Kier alpha value is -1.29. The van der Waals surface area contributed by atoms with Crippen LogP contribution in [0, 0.1) is 0 Å². The molecule has 0 saturated heterocycles. The van der Waals surface area contributed by atoms with Gasteiger partial charge in [0.15, 0.2) is 0 Å². The molecular formula is C12H14BrNO2. The van der Waals surface area contributed by atoms with Crippen LogP contribution in [0.15, 0.2) is 35.3 Å². The lowest BCUT2D eigenvalue weighted by atomic mass is 10.2. The third kappa shape index (κ3) is 2.85. The molecule has 1 N–H and O–H groups in total. The molecule has 0 saturated carbocycles. The fourth-order valence-electron chi connectivity index (χ4n) is 1.34. The number of likely N-dealkylation sites (N-methyl/N-ethyl adjacent to an activating group) is 1. The SMILES string of the molecule is C=CCN(CC)C(=O)c1ccc(Br)c(O)c1. The first kappa shape index (κ1) is 12.8. The second-order valence-corrected chi connectivity index (χ2v) is 4.15. The molecule has 1 amide bonds. The molecule has 0 aliphatic heterocycles. The Kier molecular flexibility index (Phi) is 4.55. The number of phenolic OH excluding ortho intramolecular Hbond substituents is 1. The number of aromatic hydroxyl groups is 1. The summed E-state index contributed by atoms with van der Waals surface area (Å²) < 4.78 is 0.579. The van der Waals surface area contributed by atoms with Gasteiger partial charge in [0, 0.05) is 18.7 Å². The Morgan fingerprint density at radius 2 is 2.31 bits per heavy atom. The van der Waals surface area contributed by atoms with Crippen LogP contribution in [0.5, 0.6) is 5.75 Å². The van der Waals surface area contributed by atoms with Crippen LogP contribution in [0.3, 0.4) is 0 Å². The molecule has 0 heterocycles. The minimum atomic E-state index is -0.106. The Labute approximate surface area is 104 Å². The van der Waals surface area contributed by atoms with E-state index in [4.69, 9.17) is 0 Å². The summed E-state index contributed by atoms with van der Waals surface area (Å²) in [7, 11) is 0. The number of nitrogens with zero attached hydrogens (tertiary/aromatic N) is 1. The van der Waals surface area contributed by atoms with Crippen molar-refractivity contribution < 1.29 is 9.90 Å². The normalized spacial score (nSPS) is 9.88. The number of phenols is 1. The van der Waals surface area contributed by atoms with Crippen molar-refractivity contribution in [2.24, 2.45) is 0 Å². The summed E-state index contributed by atoms with van der Waals surface area (Å²) in [5, 5.41) is 9.50. The van der Waals surface area contributed by atoms with Gasteiger partial charge in [0.2, 0.25) is 0 Å². The van der Waals surface area contributed by atoms with Crippen molar-refractivity contribution in [3.05, 3.63) is 40.9 Å². The van der Waals surface area contributed by atoms with Gasteiger partial charge in [0.05, 0.1) is 4.47 Å². The van der Waals surface area contributed by atoms with Gasteiger partial charge in [-0.15, -0.1) is 6.58 Å². The predicted molar refractivity (Wildman–Crippen MR) is 67.6 cm³/mol. The number of rotatable bonds is 4. The summed E-state index contributed by atoms with van der Waals surface area (Å²) in [6.07, 6.45) is 1.68. The smallest absolute Gasteiger partial charge is 0.254 e. The largest absolute Gasteiger partial charge is 0.507 e. The average molecular weight is 284 g/mol. The molecular weight excluding hydrogens is 270 g/mol. The third-order valence-corrected chi connectivity index (χ3v) is 2.88. The Morgan fingerprint density at radius 3 is 2.81 bits per heavy atom. The summed E-state index contributed by atoms with van der Waals surface area (Å²) >= 11 is 3.17. The molecule has 0 unspecified atom stereocenters. The Bertz CT molecular complexity index is 404. The van der Waals surface area contributed by atoms with Crippen molar-refractivity contribution in [2.75, 3.05) is 13.1 Å². The predicted octanol–water partition coefficient (Wildman–Crippen LogP) is 2.80. The van der Waals surface area contributed by atoms with Gasteiger partial charge >= 0.3 is 0 Å². The van der Waals surface area contributed by atoms with Crippen molar-refractivity contribution in [3.63, 3.8) is 0 Å². The van der Waals surface area contributed by atoms with E-state index in [0.29, 0.717) is 23.1 Å². The van der Waals surface area contributed by atoms with E-state index in [1.54, 1.807) is 23.1 Å². The lowest BCUT2D eigenvalue weighted by Crippen LogP contribution is -2.30. The summed E-state index contributed by atoms with van der Waals surface area (Å²) in [6, 6.07) is 4.79. The van der Waals surface area contributed by atoms with Crippen molar-refractivity contribution >= 4 is 21.8 Å². The topological polar surface area (TPSA) is 40.5 Å². The number of amides is 1. The molecule has 4 heteroatoms. The molecule has 0 aliphatic rings. The van der Waals surface area contributed by atoms with Gasteiger partial charge in [-0.05, 0) is 41.1 Å². The summed E-state index contributed by atoms with van der Waals surface area (Å²) in [5.41, 5.74) is 0.476. The highest BCUT2D eigenvalue weighted by Gasteiger charge is 2.13. The number of carbonyl (C=O) groups excluding carboxylic acids is 1. The highest BCUT2D eigenvalue weighted by Crippen LogP contribution is 2.24. The molecule has 0 atom stereocenters. The van der Waals surface area contributed by atoms with E-state index in [-0.39, 0.29) is 11.7 Å². The van der Waals surface area contributed by atoms with E-state index in [0.717, 1.165) is 0 Å². The van der Waals surface area contributed by atoms with Crippen LogP contribution in [0.1, 0.15) is 17.3 Å². The van der Waals surface area contributed by atoms with Gasteiger partial charge < -0.3 is 10.0 Å². The molecule has 16 heavy (non-hydrogen) atoms. The number of halogens is 1. The van der Waals surface area contributed by atoms with E-state index in [2.05, 4.69) is 22.5 Å². The average Bonchev–Trinajstić information content (AvgIpc) is 2.28. The van der Waals surface area contributed by atoms with E-state index in [1.807, 2.05) is 6.92 Å². The van der Waals surface area contributed by atoms with Gasteiger partial charge in [-0.3, -0.25) is 4.79 Å². The highest BCUT2D eigenvalue weighted by atomic mass is 79.9. The van der Waals surface area contributed by atoms with Crippen LogP contribution in [-0.4, -0.2) is 29.0 Å². The fourth-order valence-corrected chi connectivity index (χ4v) is 1.59. The first-order valence-corrected chi connectivity index (χ1v) is 5.78. The number of hydrogen-bond donors (Lipinski definition) is 1. The van der Waals surface area contributed by atoms with Crippen LogP contribution < -0.4 is 0 Å². The molecule has 0 bridgehead atoms. The van der Waals surface area contributed by atoms with Crippen LogP contribution in [0.4, 0.5) is 0 Å². The minimum absolute atomic E-state index is 0.0699. The van der Waals surface area contributed by atoms with E-state index in [9.17, 15) is 9.90 Å². The van der Waals surface area contributed by atoms with Gasteiger partial charge in [0.25, 0.3) is 5.91 Å². The van der Waals surface area contributed by atoms with Gasteiger partial charge in [-0.25, -0.2) is 0 Å². The van der Waals surface area contributed by atoms with Crippen molar-refractivity contribution in [3.8, 4) is 5.75 Å². The highest BCUT2D eigenvalue weighted by molar-refractivity contribution is 9.10. The third-order valence-electron chi connectivity index (χ3n) is 2.21. The van der Waals surface area contributed by atoms with Crippen LogP contribution in [0.25, 0.3) is 0 Å². The standard InChI is InChI=1S/C12H14BrNO2/c1-3-7-14(4-2)12(16)9-5-6-10(13)11(15)8-9/h3,5-6,8,15H,1,4,7H2,2H3. The molecule has 1 rings (SSSR count). The molecule has 0 radical (unpaired) electrons. The second-order valence-electron chi connectivity index (χ2n) is 3.30. The maximum Gasteiger partial charge on any atom is 0.254 e. The molecule has 1 aromatic carbocycles.